The summed E-state index contributed by atoms with van der Waals surface area (Å²) in [5.41, 5.74) is 0.627. The van der Waals surface area contributed by atoms with Crippen LogP contribution < -0.4 is 0 Å². The molecule has 1 aliphatic heterocycles. The Kier molecular flexibility index (Phi) is 5.63. The number of benzene rings is 2. The Bertz CT molecular complexity index is 925. The highest BCUT2D eigenvalue weighted by Gasteiger charge is 2.41. The SMILES string of the molecule is CC(=O)C(C(=O)c1ccccc1)C(c1cccc([N+](=O)[O-])c1)N1CCCC1=O. The lowest BCUT2D eigenvalue weighted by molar-refractivity contribution is -0.385. The van der Waals surface area contributed by atoms with Crippen LogP contribution in [-0.4, -0.2) is 33.8 Å². The molecule has 7 heteroatoms. The van der Waals surface area contributed by atoms with E-state index in [-0.39, 0.29) is 17.4 Å². The van der Waals surface area contributed by atoms with E-state index in [4.69, 9.17) is 0 Å². The fraction of sp³-hybridized carbons (Fsp3) is 0.286. The molecule has 0 aliphatic carbocycles. The number of nitrogens with zero attached hydrogens (tertiary/aromatic N) is 2. The van der Waals surface area contributed by atoms with E-state index in [1.54, 1.807) is 36.4 Å². The Morgan fingerprint density at radius 1 is 1.11 bits per heavy atom. The van der Waals surface area contributed by atoms with Crippen LogP contribution in [0.5, 0.6) is 0 Å². The molecule has 2 atom stereocenters. The first-order valence-corrected chi connectivity index (χ1v) is 9.03. The largest absolute Gasteiger partial charge is 0.334 e. The molecule has 0 radical (unpaired) electrons. The summed E-state index contributed by atoms with van der Waals surface area (Å²) >= 11 is 0. The van der Waals surface area contributed by atoms with Crippen LogP contribution in [0.2, 0.25) is 0 Å². The molecule has 28 heavy (non-hydrogen) atoms. The quantitative estimate of drug-likeness (QED) is 0.318. The molecule has 0 N–H and O–H groups in total. The van der Waals surface area contributed by atoms with Gasteiger partial charge in [-0.3, -0.25) is 24.5 Å². The van der Waals surface area contributed by atoms with Gasteiger partial charge < -0.3 is 4.90 Å². The summed E-state index contributed by atoms with van der Waals surface area (Å²) in [7, 11) is 0. The van der Waals surface area contributed by atoms with Gasteiger partial charge in [0.2, 0.25) is 5.91 Å². The lowest BCUT2D eigenvalue weighted by Crippen LogP contribution is -2.41. The third-order valence-electron chi connectivity index (χ3n) is 4.96. The molecule has 1 amide bonds. The molecule has 3 rings (SSSR count). The Hall–Kier alpha value is -3.35. The van der Waals surface area contributed by atoms with Crippen LogP contribution in [0.1, 0.15) is 41.7 Å². The normalized spacial score (nSPS) is 15.9. The van der Waals surface area contributed by atoms with Gasteiger partial charge in [-0.2, -0.15) is 0 Å². The van der Waals surface area contributed by atoms with Crippen molar-refractivity contribution in [3.05, 3.63) is 75.8 Å². The van der Waals surface area contributed by atoms with E-state index >= 15 is 0 Å². The minimum Gasteiger partial charge on any atom is -0.334 e. The van der Waals surface area contributed by atoms with Crippen LogP contribution in [0, 0.1) is 16.0 Å². The van der Waals surface area contributed by atoms with E-state index in [0.717, 1.165) is 0 Å². The van der Waals surface area contributed by atoms with E-state index in [1.807, 2.05) is 0 Å². The van der Waals surface area contributed by atoms with Gasteiger partial charge in [0.1, 0.15) is 11.7 Å². The van der Waals surface area contributed by atoms with Gasteiger partial charge in [-0.05, 0) is 18.9 Å². The van der Waals surface area contributed by atoms with Crippen LogP contribution in [0.25, 0.3) is 0 Å². The number of likely N-dealkylation sites (tertiary alicyclic amines) is 1. The summed E-state index contributed by atoms with van der Waals surface area (Å²) in [4.78, 5) is 50.4. The molecule has 0 saturated carbocycles. The van der Waals surface area contributed by atoms with Crippen LogP contribution in [0.15, 0.2) is 54.6 Å². The summed E-state index contributed by atoms with van der Waals surface area (Å²) < 4.78 is 0. The Labute approximate surface area is 162 Å². The molecule has 144 valence electrons. The summed E-state index contributed by atoms with van der Waals surface area (Å²) in [6, 6.07) is 13.3. The van der Waals surface area contributed by atoms with E-state index in [9.17, 15) is 24.5 Å². The Morgan fingerprint density at radius 3 is 2.39 bits per heavy atom. The highest BCUT2D eigenvalue weighted by molar-refractivity contribution is 6.11. The molecule has 1 aliphatic rings. The first-order valence-electron chi connectivity index (χ1n) is 9.03. The van der Waals surface area contributed by atoms with Gasteiger partial charge >= 0.3 is 0 Å². The number of non-ortho nitro benzene ring substituents is 1. The molecule has 1 saturated heterocycles. The van der Waals surface area contributed by atoms with Crippen molar-refractivity contribution in [2.24, 2.45) is 5.92 Å². The number of carbonyl (C=O) groups excluding carboxylic acids is 3. The van der Waals surface area contributed by atoms with Crippen LogP contribution >= 0.6 is 0 Å². The van der Waals surface area contributed by atoms with E-state index in [2.05, 4.69) is 0 Å². The molecule has 7 nitrogen and oxygen atoms in total. The molecule has 1 fully saturated rings. The van der Waals surface area contributed by atoms with Crippen molar-refractivity contribution in [2.45, 2.75) is 25.8 Å². The van der Waals surface area contributed by atoms with Crippen molar-refractivity contribution in [3.8, 4) is 0 Å². The first kappa shape index (κ1) is 19.4. The summed E-state index contributed by atoms with van der Waals surface area (Å²) in [6.45, 7) is 1.72. The molecule has 0 spiro atoms. The molecule has 0 bridgehead atoms. The van der Waals surface area contributed by atoms with Gasteiger partial charge in [0, 0.05) is 30.7 Å². The number of hydrogen-bond donors (Lipinski definition) is 0. The standard InChI is InChI=1S/C21H20N2O5/c1-14(24)19(21(26)15-7-3-2-4-8-15)20(22-12-6-11-18(22)25)16-9-5-10-17(13-16)23(27)28/h2-5,7-10,13,19-20H,6,11-12H2,1H3. The number of nitro benzene ring substituents is 1. The third-order valence-corrected chi connectivity index (χ3v) is 4.96. The van der Waals surface area contributed by atoms with Gasteiger partial charge in [0.25, 0.3) is 5.69 Å². The van der Waals surface area contributed by atoms with Crippen LogP contribution in [0.4, 0.5) is 5.69 Å². The van der Waals surface area contributed by atoms with Gasteiger partial charge in [-0.15, -0.1) is 0 Å². The van der Waals surface area contributed by atoms with E-state index in [1.165, 1.54) is 30.0 Å². The highest BCUT2D eigenvalue weighted by Crippen LogP contribution is 2.36. The number of rotatable bonds is 7. The highest BCUT2D eigenvalue weighted by atomic mass is 16.6. The molecule has 2 aromatic rings. The fourth-order valence-electron chi connectivity index (χ4n) is 3.67. The van der Waals surface area contributed by atoms with Gasteiger partial charge in [0.05, 0.1) is 11.0 Å². The zero-order valence-electron chi connectivity index (χ0n) is 15.4. The van der Waals surface area contributed by atoms with Crippen molar-refractivity contribution >= 4 is 23.2 Å². The number of ketones is 2. The van der Waals surface area contributed by atoms with Crippen LogP contribution in [0.3, 0.4) is 0 Å². The minimum atomic E-state index is -1.13. The summed E-state index contributed by atoms with van der Waals surface area (Å²) in [6.07, 6.45) is 0.948. The number of Topliss-reactive ketones (excluding diaryl/α,β-unsaturated/α-hetero) is 2. The van der Waals surface area contributed by atoms with Gasteiger partial charge in [-0.25, -0.2) is 0 Å². The topological polar surface area (TPSA) is 97.6 Å². The molecule has 2 aromatic carbocycles. The molecular weight excluding hydrogens is 360 g/mol. The first-order chi connectivity index (χ1) is 13.4. The second-order valence-corrected chi connectivity index (χ2v) is 6.81. The molecule has 0 aromatic heterocycles. The maximum atomic E-state index is 13.2. The Balaban J connectivity index is 2.12. The lowest BCUT2D eigenvalue weighted by atomic mass is 9.83. The second-order valence-electron chi connectivity index (χ2n) is 6.81. The number of hydrogen-bond acceptors (Lipinski definition) is 5. The number of amides is 1. The molecular formula is C21H20N2O5. The molecule has 1 heterocycles. The zero-order valence-corrected chi connectivity index (χ0v) is 15.4. The minimum absolute atomic E-state index is 0.149. The van der Waals surface area contributed by atoms with Crippen molar-refractivity contribution in [3.63, 3.8) is 0 Å². The lowest BCUT2D eigenvalue weighted by Gasteiger charge is -2.33. The zero-order chi connectivity index (χ0) is 20.3. The number of nitro groups is 1. The second kappa shape index (κ2) is 8.12. The third kappa shape index (κ3) is 3.83. The molecule has 2 unspecified atom stereocenters. The summed E-state index contributed by atoms with van der Waals surface area (Å²) in [5, 5.41) is 11.2. The maximum absolute atomic E-state index is 13.2. The van der Waals surface area contributed by atoms with E-state index in [0.29, 0.717) is 30.5 Å². The van der Waals surface area contributed by atoms with Gasteiger partial charge in [0.15, 0.2) is 5.78 Å². The average molecular weight is 380 g/mol. The predicted molar refractivity (Wildman–Crippen MR) is 102 cm³/mol. The van der Waals surface area contributed by atoms with Gasteiger partial charge in [-0.1, -0.05) is 42.5 Å². The smallest absolute Gasteiger partial charge is 0.269 e. The maximum Gasteiger partial charge on any atom is 0.269 e. The number of carbonyl (C=O) groups is 3. The van der Waals surface area contributed by atoms with Crippen molar-refractivity contribution in [2.75, 3.05) is 6.54 Å². The average Bonchev–Trinajstić information content (AvgIpc) is 3.11. The van der Waals surface area contributed by atoms with Crippen molar-refractivity contribution < 1.29 is 19.3 Å². The summed E-state index contributed by atoms with van der Waals surface area (Å²) in [5.74, 6) is -2.08. The Morgan fingerprint density at radius 2 is 1.82 bits per heavy atom. The van der Waals surface area contributed by atoms with Crippen molar-refractivity contribution in [1.82, 2.24) is 4.90 Å². The fourth-order valence-corrected chi connectivity index (χ4v) is 3.67. The predicted octanol–water partition coefficient (Wildman–Crippen LogP) is 3.35. The van der Waals surface area contributed by atoms with Crippen LogP contribution in [-0.2, 0) is 9.59 Å². The van der Waals surface area contributed by atoms with Crippen molar-refractivity contribution in [1.29, 1.82) is 0 Å². The van der Waals surface area contributed by atoms with E-state index < -0.39 is 22.7 Å². The monoisotopic (exact) mass is 380 g/mol.